The van der Waals surface area contributed by atoms with Gasteiger partial charge in [-0.2, -0.15) is 10.2 Å². The molecule has 0 amide bonds. The lowest BCUT2D eigenvalue weighted by Gasteiger charge is -2.02. The van der Waals surface area contributed by atoms with Gasteiger partial charge in [-0.25, -0.2) is 10.9 Å². The van der Waals surface area contributed by atoms with Crippen LogP contribution < -0.4 is 10.9 Å². The van der Waals surface area contributed by atoms with Crippen LogP contribution in [-0.4, -0.2) is 18.4 Å². The molecule has 0 fully saturated rings. The van der Waals surface area contributed by atoms with E-state index in [4.69, 9.17) is 5.41 Å². The van der Waals surface area contributed by atoms with Crippen LogP contribution in [0.5, 0.6) is 0 Å². The third-order valence-electron chi connectivity index (χ3n) is 2.57. The van der Waals surface area contributed by atoms with Crippen LogP contribution in [-0.2, 0) is 0 Å². The molecule has 0 atom stereocenters. The van der Waals surface area contributed by atoms with Crippen molar-refractivity contribution in [1.29, 1.82) is 5.41 Å². The molecule has 22 heavy (non-hydrogen) atoms. The first-order chi connectivity index (χ1) is 10.7. The summed E-state index contributed by atoms with van der Waals surface area (Å²) in [6, 6.07) is 15.4. The Morgan fingerprint density at radius 3 is 1.64 bits per heavy atom. The molecule has 3 N–H and O–H groups in total. The van der Waals surface area contributed by atoms with Gasteiger partial charge in [-0.05, 0) is 12.1 Å². The van der Waals surface area contributed by atoms with E-state index < -0.39 is 0 Å². The van der Waals surface area contributed by atoms with Crippen molar-refractivity contribution in [2.75, 3.05) is 0 Å². The summed E-state index contributed by atoms with van der Waals surface area (Å²) >= 11 is 6.84. The Morgan fingerprint density at radius 1 is 0.818 bits per heavy atom. The lowest BCUT2D eigenvalue weighted by atomic mass is 10.2. The summed E-state index contributed by atoms with van der Waals surface area (Å²) in [6.07, 6.45) is 3.25. The van der Waals surface area contributed by atoms with Gasteiger partial charge in [0.1, 0.15) is 0 Å². The van der Waals surface area contributed by atoms with E-state index in [0.29, 0.717) is 0 Å². The van der Waals surface area contributed by atoms with Gasteiger partial charge < -0.3 is 0 Å². The number of guanidine groups is 1. The second-order valence-electron chi connectivity index (χ2n) is 4.16. The van der Waals surface area contributed by atoms with Crippen LogP contribution >= 0.6 is 31.9 Å². The molecule has 2 aromatic rings. The minimum atomic E-state index is -0.0217. The number of halogens is 2. The minimum absolute atomic E-state index is 0.0217. The molecule has 112 valence electrons. The van der Waals surface area contributed by atoms with E-state index in [-0.39, 0.29) is 5.96 Å². The zero-order valence-electron chi connectivity index (χ0n) is 11.4. The van der Waals surface area contributed by atoms with Gasteiger partial charge >= 0.3 is 0 Å². The van der Waals surface area contributed by atoms with Crippen molar-refractivity contribution in [1.82, 2.24) is 10.9 Å². The van der Waals surface area contributed by atoms with E-state index >= 15 is 0 Å². The number of benzene rings is 2. The molecule has 0 heterocycles. The maximum absolute atomic E-state index is 7.65. The quantitative estimate of drug-likeness (QED) is 0.399. The average molecular weight is 423 g/mol. The number of hydrogen-bond donors (Lipinski definition) is 3. The highest BCUT2D eigenvalue weighted by molar-refractivity contribution is 9.10. The van der Waals surface area contributed by atoms with Crippen molar-refractivity contribution in [3.8, 4) is 0 Å². The Hall–Kier alpha value is -1.99. The number of hydrazone groups is 2. The zero-order valence-corrected chi connectivity index (χ0v) is 14.6. The molecule has 0 saturated carbocycles. The largest absolute Gasteiger partial charge is 0.266 e. The van der Waals surface area contributed by atoms with Gasteiger partial charge in [-0.15, -0.1) is 0 Å². The molecular weight excluding hydrogens is 410 g/mol. The molecular formula is C15H13Br2N5. The lowest BCUT2D eigenvalue weighted by molar-refractivity contribution is 0.893. The van der Waals surface area contributed by atoms with Gasteiger partial charge in [0.2, 0.25) is 5.96 Å². The maximum atomic E-state index is 7.65. The van der Waals surface area contributed by atoms with E-state index in [1.54, 1.807) is 12.4 Å². The third-order valence-corrected chi connectivity index (χ3v) is 4.01. The summed E-state index contributed by atoms with van der Waals surface area (Å²) in [6.45, 7) is 0. The topological polar surface area (TPSA) is 72.6 Å². The second-order valence-corrected chi connectivity index (χ2v) is 5.87. The molecule has 0 radical (unpaired) electrons. The average Bonchev–Trinajstić information content (AvgIpc) is 2.51. The molecule has 0 aliphatic rings. The Balaban J connectivity index is 1.84. The first-order valence-corrected chi connectivity index (χ1v) is 7.91. The molecule has 0 unspecified atom stereocenters. The fourth-order valence-corrected chi connectivity index (χ4v) is 2.29. The van der Waals surface area contributed by atoms with Crippen LogP contribution in [0, 0.1) is 5.41 Å². The third kappa shape index (κ3) is 5.09. The Labute approximate surface area is 145 Å². The van der Waals surface area contributed by atoms with Gasteiger partial charge in [0, 0.05) is 20.1 Å². The van der Waals surface area contributed by atoms with Crippen LogP contribution in [0.1, 0.15) is 11.1 Å². The minimum Gasteiger partial charge on any atom is -0.266 e. The first kappa shape index (κ1) is 16.4. The van der Waals surface area contributed by atoms with Gasteiger partial charge in [0.15, 0.2) is 0 Å². The van der Waals surface area contributed by atoms with Gasteiger partial charge in [0.25, 0.3) is 0 Å². The summed E-state index contributed by atoms with van der Waals surface area (Å²) in [5.41, 5.74) is 6.94. The molecule has 7 heteroatoms. The van der Waals surface area contributed by atoms with E-state index in [9.17, 15) is 0 Å². The van der Waals surface area contributed by atoms with Crippen LogP contribution in [0.2, 0.25) is 0 Å². The fraction of sp³-hybridized carbons (Fsp3) is 0. The van der Waals surface area contributed by atoms with Crippen LogP contribution in [0.4, 0.5) is 0 Å². The highest BCUT2D eigenvalue weighted by atomic mass is 79.9. The van der Waals surface area contributed by atoms with E-state index in [1.807, 2.05) is 48.5 Å². The number of nitrogens with zero attached hydrogens (tertiary/aromatic N) is 2. The van der Waals surface area contributed by atoms with Crippen molar-refractivity contribution >= 4 is 50.2 Å². The Kier molecular flexibility index (Phi) is 6.29. The number of hydrogen-bond acceptors (Lipinski definition) is 3. The zero-order chi connectivity index (χ0) is 15.8. The summed E-state index contributed by atoms with van der Waals surface area (Å²) in [4.78, 5) is 0. The SMILES string of the molecule is N=C(NN=Cc1ccccc1Br)NN=Cc1ccccc1Br. The van der Waals surface area contributed by atoms with Crippen molar-refractivity contribution in [2.24, 2.45) is 10.2 Å². The number of rotatable bonds is 4. The summed E-state index contributed by atoms with van der Waals surface area (Å²) < 4.78 is 1.87. The first-order valence-electron chi connectivity index (χ1n) is 6.32. The molecule has 2 aromatic carbocycles. The van der Waals surface area contributed by atoms with Crippen molar-refractivity contribution in [2.45, 2.75) is 0 Å². The van der Waals surface area contributed by atoms with E-state index in [0.717, 1.165) is 20.1 Å². The predicted octanol–water partition coefficient (Wildman–Crippen LogP) is 3.69. The molecule has 2 rings (SSSR count). The van der Waals surface area contributed by atoms with E-state index in [2.05, 4.69) is 52.9 Å². The standard InChI is InChI=1S/C15H13Br2N5/c16-13-7-3-1-5-11(13)9-19-21-15(18)22-20-10-12-6-2-4-8-14(12)17/h1-10H,(H3,18,21,22). The van der Waals surface area contributed by atoms with Gasteiger partial charge in [-0.1, -0.05) is 68.3 Å². The fourth-order valence-electron chi connectivity index (χ4n) is 1.52. The van der Waals surface area contributed by atoms with Crippen LogP contribution in [0.3, 0.4) is 0 Å². The smallest absolute Gasteiger partial charge is 0.230 e. The number of nitrogens with one attached hydrogen (secondary N) is 3. The summed E-state index contributed by atoms with van der Waals surface area (Å²) in [5, 5.41) is 15.6. The summed E-state index contributed by atoms with van der Waals surface area (Å²) in [5.74, 6) is -0.0217. The Morgan fingerprint density at radius 2 is 1.23 bits per heavy atom. The molecule has 0 aliphatic carbocycles. The molecule has 0 spiro atoms. The molecule has 5 nitrogen and oxygen atoms in total. The highest BCUT2D eigenvalue weighted by Crippen LogP contribution is 2.13. The maximum Gasteiger partial charge on any atom is 0.230 e. The highest BCUT2D eigenvalue weighted by Gasteiger charge is 1.95. The molecule has 0 aromatic heterocycles. The van der Waals surface area contributed by atoms with Crippen LogP contribution in [0.15, 0.2) is 67.7 Å². The predicted molar refractivity (Wildman–Crippen MR) is 97.5 cm³/mol. The monoisotopic (exact) mass is 421 g/mol. The van der Waals surface area contributed by atoms with Crippen molar-refractivity contribution in [3.63, 3.8) is 0 Å². The van der Waals surface area contributed by atoms with E-state index in [1.165, 1.54) is 0 Å². The van der Waals surface area contributed by atoms with Crippen LogP contribution in [0.25, 0.3) is 0 Å². The summed E-state index contributed by atoms with van der Waals surface area (Å²) in [7, 11) is 0. The van der Waals surface area contributed by atoms with Gasteiger partial charge in [0.05, 0.1) is 12.4 Å². The molecule has 0 aliphatic heterocycles. The molecule has 0 saturated heterocycles. The van der Waals surface area contributed by atoms with Crippen molar-refractivity contribution < 1.29 is 0 Å². The Bertz CT molecular complexity index is 653. The second kappa shape index (κ2) is 8.45. The van der Waals surface area contributed by atoms with Crippen molar-refractivity contribution in [3.05, 3.63) is 68.6 Å². The normalized spacial score (nSPS) is 11.0. The lowest BCUT2D eigenvalue weighted by Crippen LogP contribution is -2.29. The molecule has 0 bridgehead atoms. The van der Waals surface area contributed by atoms with Gasteiger partial charge in [-0.3, -0.25) is 5.41 Å².